The van der Waals surface area contributed by atoms with Crippen LogP contribution in [0.5, 0.6) is 0 Å². The Morgan fingerprint density at radius 3 is 1.67 bits per heavy atom. The van der Waals surface area contributed by atoms with Crippen LogP contribution in [-0.2, 0) is 12.8 Å². The van der Waals surface area contributed by atoms with Crippen LogP contribution in [0.15, 0.2) is 10.8 Å². The van der Waals surface area contributed by atoms with E-state index in [1.54, 1.807) is 11.1 Å². The van der Waals surface area contributed by atoms with E-state index in [4.69, 9.17) is 0 Å². The summed E-state index contributed by atoms with van der Waals surface area (Å²) in [6, 6.07) is 0. The zero-order chi connectivity index (χ0) is 10.9. The maximum Gasteiger partial charge on any atom is -0.00584 e. The van der Waals surface area contributed by atoms with Gasteiger partial charge in [-0.15, -0.1) is 0 Å². The van der Waals surface area contributed by atoms with Crippen molar-refractivity contribution in [3.05, 3.63) is 21.9 Å². The van der Waals surface area contributed by atoms with Crippen molar-refractivity contribution in [2.45, 2.75) is 65.2 Å². The maximum absolute atomic E-state index is 2.36. The first-order valence-corrected chi connectivity index (χ1v) is 7.36. The zero-order valence-corrected chi connectivity index (χ0v) is 11.0. The largest absolute Gasteiger partial charge is 0.152 e. The zero-order valence-electron chi connectivity index (χ0n) is 10.2. The van der Waals surface area contributed by atoms with Gasteiger partial charge in [0.15, 0.2) is 0 Å². The Labute approximate surface area is 98.7 Å². The molecule has 0 N–H and O–H groups in total. The van der Waals surface area contributed by atoms with E-state index in [1.807, 2.05) is 11.3 Å². The van der Waals surface area contributed by atoms with E-state index >= 15 is 0 Å². The lowest BCUT2D eigenvalue weighted by Crippen LogP contribution is -1.90. The minimum atomic E-state index is 1.30. The molecule has 1 heteroatoms. The van der Waals surface area contributed by atoms with E-state index in [-0.39, 0.29) is 0 Å². The molecule has 0 nitrogen and oxygen atoms in total. The third-order valence-electron chi connectivity index (χ3n) is 2.93. The van der Waals surface area contributed by atoms with Gasteiger partial charge in [0, 0.05) is 0 Å². The number of hydrogen-bond donors (Lipinski definition) is 0. The monoisotopic (exact) mass is 224 g/mol. The molecule has 0 aliphatic rings. The smallest absolute Gasteiger partial charge is 0.00584 e. The molecule has 1 rings (SSSR count). The number of unbranched alkanes of at least 4 members (excludes halogenated alkanes) is 4. The highest BCUT2D eigenvalue weighted by molar-refractivity contribution is 7.08. The highest BCUT2D eigenvalue weighted by Crippen LogP contribution is 2.20. The lowest BCUT2D eigenvalue weighted by Gasteiger charge is -2.03. The molecule has 1 heterocycles. The minimum Gasteiger partial charge on any atom is -0.152 e. The van der Waals surface area contributed by atoms with E-state index in [0.29, 0.717) is 0 Å². The molecule has 0 atom stereocenters. The fourth-order valence-electron chi connectivity index (χ4n) is 1.92. The van der Waals surface area contributed by atoms with Crippen molar-refractivity contribution in [1.29, 1.82) is 0 Å². The van der Waals surface area contributed by atoms with Gasteiger partial charge >= 0.3 is 0 Å². The molecule has 0 spiro atoms. The predicted octanol–water partition coefficient (Wildman–Crippen LogP) is 5.21. The van der Waals surface area contributed by atoms with Crippen molar-refractivity contribution >= 4 is 11.3 Å². The molecule has 86 valence electrons. The van der Waals surface area contributed by atoms with Gasteiger partial charge in [-0.25, -0.2) is 0 Å². The SMILES string of the molecule is CCCCCc1cscc1CCCCC. The van der Waals surface area contributed by atoms with Gasteiger partial charge in [-0.2, -0.15) is 11.3 Å². The first-order valence-electron chi connectivity index (χ1n) is 6.42. The molecule has 0 bridgehead atoms. The van der Waals surface area contributed by atoms with Gasteiger partial charge in [0.2, 0.25) is 0 Å². The predicted molar refractivity (Wildman–Crippen MR) is 70.8 cm³/mol. The Morgan fingerprint density at radius 1 is 0.800 bits per heavy atom. The summed E-state index contributed by atoms with van der Waals surface area (Å²) in [5.41, 5.74) is 3.26. The first kappa shape index (κ1) is 12.8. The number of aryl methyl sites for hydroxylation is 2. The van der Waals surface area contributed by atoms with Crippen LogP contribution in [0, 0.1) is 0 Å². The highest BCUT2D eigenvalue weighted by Gasteiger charge is 2.03. The van der Waals surface area contributed by atoms with Crippen LogP contribution in [0.3, 0.4) is 0 Å². The van der Waals surface area contributed by atoms with Gasteiger partial charge in [0.1, 0.15) is 0 Å². The molecule has 0 aliphatic heterocycles. The van der Waals surface area contributed by atoms with Crippen LogP contribution >= 0.6 is 11.3 Å². The van der Waals surface area contributed by atoms with Crippen molar-refractivity contribution in [3.8, 4) is 0 Å². The summed E-state index contributed by atoms with van der Waals surface area (Å²) >= 11 is 1.88. The molecule has 1 aromatic heterocycles. The number of hydrogen-bond acceptors (Lipinski definition) is 1. The highest BCUT2D eigenvalue weighted by atomic mass is 32.1. The average Bonchev–Trinajstić information content (AvgIpc) is 2.67. The number of rotatable bonds is 8. The van der Waals surface area contributed by atoms with Crippen LogP contribution in [0.2, 0.25) is 0 Å². The normalized spacial score (nSPS) is 10.8. The van der Waals surface area contributed by atoms with Gasteiger partial charge in [-0.3, -0.25) is 0 Å². The lowest BCUT2D eigenvalue weighted by molar-refractivity contribution is 0.696. The van der Waals surface area contributed by atoms with Crippen molar-refractivity contribution in [3.63, 3.8) is 0 Å². The van der Waals surface area contributed by atoms with Crippen LogP contribution < -0.4 is 0 Å². The molecule has 1 aromatic rings. The molecule has 0 fully saturated rings. The van der Waals surface area contributed by atoms with Crippen LogP contribution in [0.1, 0.15) is 63.5 Å². The van der Waals surface area contributed by atoms with Crippen molar-refractivity contribution in [2.24, 2.45) is 0 Å². The van der Waals surface area contributed by atoms with Crippen LogP contribution in [0.25, 0.3) is 0 Å². The molecule has 0 amide bonds. The van der Waals surface area contributed by atoms with E-state index in [9.17, 15) is 0 Å². The van der Waals surface area contributed by atoms with Gasteiger partial charge < -0.3 is 0 Å². The molecular weight excluding hydrogens is 200 g/mol. The average molecular weight is 224 g/mol. The van der Waals surface area contributed by atoms with Crippen molar-refractivity contribution in [1.82, 2.24) is 0 Å². The van der Waals surface area contributed by atoms with Gasteiger partial charge in [0.05, 0.1) is 0 Å². The summed E-state index contributed by atoms with van der Waals surface area (Å²) in [5, 5.41) is 4.72. The Morgan fingerprint density at radius 2 is 1.27 bits per heavy atom. The second-order valence-electron chi connectivity index (χ2n) is 4.34. The Kier molecular flexibility index (Phi) is 6.74. The molecule has 0 unspecified atom stereocenters. The summed E-state index contributed by atoms with van der Waals surface area (Å²) in [6.07, 6.45) is 10.8. The molecule has 0 saturated carbocycles. The Balaban J connectivity index is 2.32. The fourth-order valence-corrected chi connectivity index (χ4v) is 2.85. The van der Waals surface area contributed by atoms with E-state index < -0.39 is 0 Å². The summed E-state index contributed by atoms with van der Waals surface area (Å²) in [4.78, 5) is 0. The molecule has 0 radical (unpaired) electrons. The topological polar surface area (TPSA) is 0 Å². The molecule has 0 saturated heterocycles. The lowest BCUT2D eigenvalue weighted by atomic mass is 10.0. The van der Waals surface area contributed by atoms with E-state index in [2.05, 4.69) is 24.6 Å². The third-order valence-corrected chi connectivity index (χ3v) is 3.77. The standard InChI is InChI=1S/C14H24S/c1-3-5-7-9-13-11-15-12-14(13)10-8-6-4-2/h11-12H,3-10H2,1-2H3. The number of thiophene rings is 1. The second kappa shape index (κ2) is 7.92. The summed E-state index contributed by atoms with van der Waals surface area (Å²) < 4.78 is 0. The van der Waals surface area contributed by atoms with Crippen molar-refractivity contribution in [2.75, 3.05) is 0 Å². The van der Waals surface area contributed by atoms with E-state index in [0.717, 1.165) is 0 Å². The van der Waals surface area contributed by atoms with Crippen molar-refractivity contribution < 1.29 is 0 Å². The first-order chi connectivity index (χ1) is 7.38. The Bertz CT molecular complexity index is 225. The summed E-state index contributed by atoms with van der Waals surface area (Å²) in [6.45, 7) is 4.55. The van der Waals surface area contributed by atoms with Gasteiger partial charge in [0.25, 0.3) is 0 Å². The van der Waals surface area contributed by atoms with Gasteiger partial charge in [-0.1, -0.05) is 39.5 Å². The molecule has 0 aliphatic carbocycles. The summed E-state index contributed by atoms with van der Waals surface area (Å²) in [7, 11) is 0. The second-order valence-corrected chi connectivity index (χ2v) is 5.08. The summed E-state index contributed by atoms with van der Waals surface area (Å²) in [5.74, 6) is 0. The molecule has 0 aromatic carbocycles. The van der Waals surface area contributed by atoms with Gasteiger partial charge in [-0.05, 0) is 47.6 Å². The minimum absolute atomic E-state index is 1.30. The Hall–Kier alpha value is -0.300. The van der Waals surface area contributed by atoms with Crippen LogP contribution in [-0.4, -0.2) is 0 Å². The van der Waals surface area contributed by atoms with E-state index in [1.165, 1.54) is 51.4 Å². The third kappa shape index (κ3) is 4.83. The van der Waals surface area contributed by atoms with Crippen LogP contribution in [0.4, 0.5) is 0 Å². The quantitative estimate of drug-likeness (QED) is 0.531. The fraction of sp³-hybridized carbons (Fsp3) is 0.714. The maximum atomic E-state index is 2.36. The molecule has 15 heavy (non-hydrogen) atoms. The molecular formula is C14H24S.